The summed E-state index contributed by atoms with van der Waals surface area (Å²) in [5, 5.41) is 9.10. The summed E-state index contributed by atoms with van der Waals surface area (Å²) < 4.78 is 0. The Kier molecular flexibility index (Phi) is 7.59. The molecule has 1 heteroatoms. The molecule has 0 aromatic carbocycles. The molecule has 11 heavy (non-hydrogen) atoms. The fourth-order valence-electron chi connectivity index (χ4n) is 1.07. The molecule has 0 heterocycles. The molecular weight excluding hydrogens is 136 g/mol. The maximum Gasteiger partial charge on any atom is 0.0718 e. The number of aliphatic hydroxyl groups is 1. The molecule has 0 spiro atoms. The van der Waals surface area contributed by atoms with Crippen molar-refractivity contribution in [3.05, 3.63) is 12.7 Å². The zero-order valence-electron chi connectivity index (χ0n) is 7.55. The van der Waals surface area contributed by atoms with Crippen LogP contribution >= 0.6 is 0 Å². The highest BCUT2D eigenvalue weighted by molar-refractivity contribution is 4.77. The molecule has 0 radical (unpaired) electrons. The van der Waals surface area contributed by atoms with Crippen LogP contribution in [0.2, 0.25) is 0 Å². The number of rotatable bonds is 7. The third kappa shape index (κ3) is 7.60. The molecule has 0 saturated carbocycles. The number of hydrogen-bond donors (Lipinski definition) is 1. The van der Waals surface area contributed by atoms with E-state index in [9.17, 15) is 0 Å². The summed E-state index contributed by atoms with van der Waals surface area (Å²) in [6, 6.07) is 0. The van der Waals surface area contributed by atoms with Crippen LogP contribution in [0, 0.1) is 0 Å². The van der Waals surface area contributed by atoms with Gasteiger partial charge >= 0.3 is 0 Å². The zero-order chi connectivity index (χ0) is 8.53. The summed E-state index contributed by atoms with van der Waals surface area (Å²) >= 11 is 0. The Morgan fingerprint density at radius 3 is 2.45 bits per heavy atom. The zero-order valence-corrected chi connectivity index (χ0v) is 7.55. The average molecular weight is 156 g/mol. The summed E-state index contributed by atoms with van der Waals surface area (Å²) in [6.45, 7) is 5.73. The molecular formula is C10H20O. The summed E-state index contributed by atoms with van der Waals surface area (Å²) in [4.78, 5) is 0. The van der Waals surface area contributed by atoms with Crippen molar-refractivity contribution in [3.8, 4) is 0 Å². The maximum absolute atomic E-state index is 9.10. The van der Waals surface area contributed by atoms with Gasteiger partial charge in [0.1, 0.15) is 0 Å². The first-order valence-corrected chi connectivity index (χ1v) is 4.62. The Morgan fingerprint density at radius 1 is 1.27 bits per heavy atom. The standard InChI is InChI=1S/C10H20O/c1-3-5-6-7-8-9-10(11)4-2/h4,10-11H,2-3,5-9H2,1H3. The van der Waals surface area contributed by atoms with E-state index in [0.29, 0.717) is 0 Å². The van der Waals surface area contributed by atoms with Gasteiger partial charge in [-0.05, 0) is 6.42 Å². The Labute approximate surface area is 70.1 Å². The second-order valence-corrected chi connectivity index (χ2v) is 3.01. The van der Waals surface area contributed by atoms with E-state index in [0.717, 1.165) is 12.8 Å². The quantitative estimate of drug-likeness (QED) is 0.444. The van der Waals surface area contributed by atoms with E-state index in [1.54, 1.807) is 6.08 Å². The third-order valence-electron chi connectivity index (χ3n) is 1.88. The molecule has 0 aromatic heterocycles. The van der Waals surface area contributed by atoms with Gasteiger partial charge in [-0.3, -0.25) is 0 Å². The van der Waals surface area contributed by atoms with Gasteiger partial charge < -0.3 is 5.11 Å². The normalized spacial score (nSPS) is 12.9. The van der Waals surface area contributed by atoms with Gasteiger partial charge in [0.05, 0.1) is 6.10 Å². The van der Waals surface area contributed by atoms with Crippen LogP contribution in [0.5, 0.6) is 0 Å². The molecule has 0 bridgehead atoms. The molecule has 1 atom stereocenters. The lowest BCUT2D eigenvalue weighted by atomic mass is 10.1. The molecule has 0 amide bonds. The highest BCUT2D eigenvalue weighted by atomic mass is 16.3. The van der Waals surface area contributed by atoms with E-state index in [1.165, 1.54) is 25.7 Å². The first-order chi connectivity index (χ1) is 5.31. The Morgan fingerprint density at radius 2 is 1.91 bits per heavy atom. The minimum Gasteiger partial charge on any atom is -0.389 e. The van der Waals surface area contributed by atoms with Crippen LogP contribution in [-0.4, -0.2) is 11.2 Å². The van der Waals surface area contributed by atoms with E-state index >= 15 is 0 Å². The molecule has 0 fully saturated rings. The van der Waals surface area contributed by atoms with Crippen LogP contribution in [0.1, 0.15) is 45.4 Å². The van der Waals surface area contributed by atoms with Crippen molar-refractivity contribution >= 4 is 0 Å². The molecule has 0 aliphatic carbocycles. The van der Waals surface area contributed by atoms with E-state index < -0.39 is 0 Å². The van der Waals surface area contributed by atoms with Gasteiger partial charge in [0.25, 0.3) is 0 Å². The Hall–Kier alpha value is -0.300. The number of aliphatic hydroxyl groups excluding tert-OH is 1. The van der Waals surface area contributed by atoms with Crippen molar-refractivity contribution in [3.63, 3.8) is 0 Å². The van der Waals surface area contributed by atoms with Gasteiger partial charge in [-0.2, -0.15) is 0 Å². The fraction of sp³-hybridized carbons (Fsp3) is 0.800. The summed E-state index contributed by atoms with van der Waals surface area (Å²) in [7, 11) is 0. The van der Waals surface area contributed by atoms with E-state index in [-0.39, 0.29) is 6.10 Å². The highest BCUT2D eigenvalue weighted by Crippen LogP contribution is 2.07. The second-order valence-electron chi connectivity index (χ2n) is 3.01. The largest absolute Gasteiger partial charge is 0.389 e. The summed E-state index contributed by atoms with van der Waals surface area (Å²) in [5.74, 6) is 0. The van der Waals surface area contributed by atoms with Crippen LogP contribution in [0.4, 0.5) is 0 Å². The lowest BCUT2D eigenvalue weighted by Crippen LogP contribution is -2.00. The van der Waals surface area contributed by atoms with Gasteiger partial charge in [-0.1, -0.05) is 45.1 Å². The topological polar surface area (TPSA) is 20.2 Å². The highest BCUT2D eigenvalue weighted by Gasteiger charge is 1.96. The second kappa shape index (κ2) is 7.80. The van der Waals surface area contributed by atoms with Gasteiger partial charge in [-0.15, -0.1) is 6.58 Å². The lowest BCUT2D eigenvalue weighted by Gasteiger charge is -2.03. The first-order valence-electron chi connectivity index (χ1n) is 4.62. The molecule has 0 saturated heterocycles. The Bertz CT molecular complexity index is 88.9. The fourth-order valence-corrected chi connectivity index (χ4v) is 1.07. The van der Waals surface area contributed by atoms with Gasteiger partial charge in [0, 0.05) is 0 Å². The van der Waals surface area contributed by atoms with E-state index in [2.05, 4.69) is 13.5 Å². The monoisotopic (exact) mass is 156 g/mol. The molecule has 1 unspecified atom stereocenters. The van der Waals surface area contributed by atoms with Crippen molar-refractivity contribution < 1.29 is 5.11 Å². The van der Waals surface area contributed by atoms with Crippen LogP contribution in [-0.2, 0) is 0 Å². The van der Waals surface area contributed by atoms with Gasteiger partial charge in [0.2, 0.25) is 0 Å². The summed E-state index contributed by atoms with van der Waals surface area (Å²) in [6.07, 6.45) is 8.50. The van der Waals surface area contributed by atoms with Gasteiger partial charge in [0.15, 0.2) is 0 Å². The Balaban J connectivity index is 2.95. The minimum absolute atomic E-state index is 0.281. The van der Waals surface area contributed by atoms with Crippen molar-refractivity contribution in [1.82, 2.24) is 0 Å². The van der Waals surface area contributed by atoms with Crippen molar-refractivity contribution in [2.75, 3.05) is 0 Å². The first kappa shape index (κ1) is 10.7. The van der Waals surface area contributed by atoms with Crippen LogP contribution in [0.25, 0.3) is 0 Å². The number of unbranched alkanes of at least 4 members (excludes halogenated alkanes) is 4. The van der Waals surface area contributed by atoms with E-state index in [1.807, 2.05) is 0 Å². The molecule has 66 valence electrons. The minimum atomic E-state index is -0.281. The molecule has 1 nitrogen and oxygen atoms in total. The van der Waals surface area contributed by atoms with Crippen LogP contribution < -0.4 is 0 Å². The van der Waals surface area contributed by atoms with E-state index in [4.69, 9.17) is 5.11 Å². The van der Waals surface area contributed by atoms with Crippen molar-refractivity contribution in [2.24, 2.45) is 0 Å². The average Bonchev–Trinajstić information content (AvgIpc) is 2.04. The predicted molar refractivity (Wildman–Crippen MR) is 49.6 cm³/mol. The maximum atomic E-state index is 9.10. The van der Waals surface area contributed by atoms with Crippen LogP contribution in [0.15, 0.2) is 12.7 Å². The van der Waals surface area contributed by atoms with Gasteiger partial charge in [-0.25, -0.2) is 0 Å². The van der Waals surface area contributed by atoms with Crippen molar-refractivity contribution in [1.29, 1.82) is 0 Å². The summed E-state index contributed by atoms with van der Waals surface area (Å²) in [5.41, 5.74) is 0. The molecule has 0 aliphatic rings. The van der Waals surface area contributed by atoms with Crippen molar-refractivity contribution in [2.45, 2.75) is 51.6 Å². The molecule has 1 N–H and O–H groups in total. The smallest absolute Gasteiger partial charge is 0.0718 e. The third-order valence-corrected chi connectivity index (χ3v) is 1.88. The SMILES string of the molecule is C=CC(O)CCCCCCC. The molecule has 0 rings (SSSR count). The predicted octanol–water partition coefficient (Wildman–Crippen LogP) is 2.89. The molecule has 0 aliphatic heterocycles. The molecule has 0 aromatic rings. The van der Waals surface area contributed by atoms with Crippen LogP contribution in [0.3, 0.4) is 0 Å². The number of hydrogen-bond acceptors (Lipinski definition) is 1. The lowest BCUT2D eigenvalue weighted by molar-refractivity contribution is 0.208.